The van der Waals surface area contributed by atoms with Crippen LogP contribution in [0.4, 0.5) is 0 Å². The maximum atomic E-state index is 11.7. The minimum Gasteiger partial charge on any atom is -0.862 e. The Kier molecular flexibility index (Phi) is 18.4. The van der Waals surface area contributed by atoms with Gasteiger partial charge in [-0.3, -0.25) is 14.7 Å². The van der Waals surface area contributed by atoms with Crippen LogP contribution in [0.3, 0.4) is 0 Å². The van der Waals surface area contributed by atoms with E-state index in [-0.39, 0.29) is 70.6 Å². The van der Waals surface area contributed by atoms with Crippen LogP contribution in [0.2, 0.25) is 0 Å². The maximum Gasteiger partial charge on any atom is 1.00 e. The zero-order valence-electron chi connectivity index (χ0n) is 14.3. The van der Waals surface area contributed by atoms with Gasteiger partial charge in [0.25, 0.3) is 0 Å². The fourth-order valence-corrected chi connectivity index (χ4v) is 1.95. The van der Waals surface area contributed by atoms with Crippen LogP contribution in [0.5, 0.6) is 0 Å². The molecular weight excluding hydrogens is 311 g/mol. The molecule has 0 saturated carbocycles. The molecule has 6 nitrogen and oxygen atoms in total. The van der Waals surface area contributed by atoms with Crippen molar-refractivity contribution in [3.05, 3.63) is 0 Å². The van der Waals surface area contributed by atoms with E-state index in [0.29, 0.717) is 19.4 Å². The van der Waals surface area contributed by atoms with E-state index < -0.39 is 12.0 Å². The summed E-state index contributed by atoms with van der Waals surface area (Å²) in [6.45, 7) is 4.20. The van der Waals surface area contributed by atoms with E-state index in [4.69, 9.17) is 10.2 Å². The molecular formula is C15H29KN2O4. The molecule has 0 aromatic rings. The molecule has 0 aromatic heterocycles. The summed E-state index contributed by atoms with van der Waals surface area (Å²) in [5, 5.41) is 29.5. The largest absolute Gasteiger partial charge is 1.00 e. The van der Waals surface area contributed by atoms with E-state index in [2.05, 4.69) is 11.9 Å². The van der Waals surface area contributed by atoms with E-state index >= 15 is 0 Å². The molecule has 1 unspecified atom stereocenters. The molecule has 2 N–H and O–H groups in total. The molecule has 1 atom stereocenters. The average molecular weight is 341 g/mol. The van der Waals surface area contributed by atoms with Crippen molar-refractivity contribution in [1.29, 1.82) is 0 Å². The van der Waals surface area contributed by atoms with Crippen LogP contribution in [0, 0.1) is 0 Å². The van der Waals surface area contributed by atoms with Crippen molar-refractivity contribution in [2.75, 3.05) is 19.8 Å². The Bertz CT molecular complexity index is 314. The third kappa shape index (κ3) is 13.0. The van der Waals surface area contributed by atoms with Crippen LogP contribution in [-0.4, -0.2) is 52.8 Å². The molecule has 0 radical (unpaired) electrons. The van der Waals surface area contributed by atoms with Crippen molar-refractivity contribution >= 4 is 11.9 Å². The first kappa shape index (κ1) is 24.7. The third-order valence-electron chi connectivity index (χ3n) is 3.43. The number of nitrogens with zero attached hydrogens (tertiary/aromatic N) is 2. The quantitative estimate of drug-likeness (QED) is 0.179. The molecule has 0 aliphatic rings. The van der Waals surface area contributed by atoms with Crippen molar-refractivity contribution in [1.82, 2.24) is 4.90 Å². The summed E-state index contributed by atoms with van der Waals surface area (Å²) in [5.74, 6) is -1.12. The molecule has 0 fully saturated rings. The molecule has 0 spiro atoms. The second kappa shape index (κ2) is 16.4. The number of hydrogen-bond donors (Lipinski definition) is 2. The van der Waals surface area contributed by atoms with Gasteiger partial charge >= 0.3 is 57.4 Å². The number of carboxylic acid groups (broad SMARTS) is 1. The molecule has 0 saturated heterocycles. The predicted molar refractivity (Wildman–Crippen MR) is 81.2 cm³/mol. The van der Waals surface area contributed by atoms with Gasteiger partial charge in [0.1, 0.15) is 6.04 Å². The molecule has 0 aliphatic heterocycles. The first-order valence-electron chi connectivity index (χ1n) is 7.81. The SMILES string of the molecule is CCCCCCCC([O-])=NCN(CCCO)C(C)C(=O)O.[K+]. The van der Waals surface area contributed by atoms with Crippen molar-refractivity contribution in [2.45, 2.75) is 64.8 Å². The van der Waals surface area contributed by atoms with E-state index in [9.17, 15) is 9.90 Å². The summed E-state index contributed by atoms with van der Waals surface area (Å²) < 4.78 is 0. The zero-order valence-corrected chi connectivity index (χ0v) is 17.4. The van der Waals surface area contributed by atoms with E-state index in [0.717, 1.165) is 19.3 Å². The van der Waals surface area contributed by atoms with Crippen LogP contribution in [0.25, 0.3) is 0 Å². The number of aliphatic imine (C=N–C) groups is 1. The predicted octanol–water partition coefficient (Wildman–Crippen LogP) is -1.78. The summed E-state index contributed by atoms with van der Waals surface area (Å²) in [6.07, 6.45) is 6.28. The second-order valence-electron chi connectivity index (χ2n) is 5.26. The van der Waals surface area contributed by atoms with Crippen molar-refractivity contribution in [2.24, 2.45) is 4.99 Å². The molecule has 7 heteroatoms. The summed E-state index contributed by atoms with van der Waals surface area (Å²) in [5.41, 5.74) is 0. The van der Waals surface area contributed by atoms with Crippen LogP contribution in [-0.2, 0) is 4.79 Å². The number of carboxylic acids is 1. The zero-order chi connectivity index (χ0) is 16.1. The van der Waals surface area contributed by atoms with E-state index in [1.165, 1.54) is 12.8 Å². The molecule has 0 amide bonds. The van der Waals surface area contributed by atoms with Gasteiger partial charge in [-0.2, -0.15) is 0 Å². The first-order chi connectivity index (χ1) is 10.0. The summed E-state index contributed by atoms with van der Waals surface area (Å²) in [7, 11) is 0. The summed E-state index contributed by atoms with van der Waals surface area (Å²) >= 11 is 0. The first-order valence-corrected chi connectivity index (χ1v) is 7.81. The Morgan fingerprint density at radius 1 is 1.23 bits per heavy atom. The standard InChI is InChI=1S/C15H30N2O4.K/c1-3-4-5-6-7-9-14(19)16-12-17(10-8-11-18)13(2)15(20)21;/h13,18H,3-12H2,1-2H3,(H,16,19)(H,20,21);/q;+1/p-1. The van der Waals surface area contributed by atoms with Gasteiger partial charge in [0.15, 0.2) is 0 Å². The topological polar surface area (TPSA) is 96.2 Å². The summed E-state index contributed by atoms with van der Waals surface area (Å²) in [6, 6.07) is -0.711. The Morgan fingerprint density at radius 3 is 2.41 bits per heavy atom. The fourth-order valence-electron chi connectivity index (χ4n) is 1.95. The third-order valence-corrected chi connectivity index (χ3v) is 3.43. The summed E-state index contributed by atoms with van der Waals surface area (Å²) in [4.78, 5) is 16.5. The monoisotopic (exact) mass is 340 g/mol. The smallest absolute Gasteiger partial charge is 0.862 e. The Hall–Kier alpha value is 0.496. The number of aliphatic carboxylic acids is 1. The normalized spacial score (nSPS) is 13.0. The van der Waals surface area contributed by atoms with Gasteiger partial charge in [-0.05, 0) is 32.1 Å². The Balaban J connectivity index is 0. The number of hydrogen-bond acceptors (Lipinski definition) is 5. The van der Waals surface area contributed by atoms with Gasteiger partial charge in [0, 0.05) is 13.2 Å². The van der Waals surface area contributed by atoms with Crippen molar-refractivity contribution < 1.29 is 71.5 Å². The van der Waals surface area contributed by atoms with Crippen molar-refractivity contribution in [3.63, 3.8) is 0 Å². The van der Waals surface area contributed by atoms with Gasteiger partial charge < -0.3 is 15.3 Å². The average Bonchev–Trinajstić information content (AvgIpc) is 2.46. The van der Waals surface area contributed by atoms with Crippen molar-refractivity contribution in [3.8, 4) is 0 Å². The van der Waals surface area contributed by atoms with Crippen LogP contribution >= 0.6 is 0 Å². The van der Waals surface area contributed by atoms with Gasteiger partial charge in [0.05, 0.1) is 6.67 Å². The number of unbranched alkanes of at least 4 members (excludes halogenated alkanes) is 4. The van der Waals surface area contributed by atoms with E-state index in [1.807, 2.05) is 0 Å². The minimum absolute atomic E-state index is 0. The molecule has 0 rings (SSSR count). The number of carbonyl (C=O) groups is 1. The van der Waals surface area contributed by atoms with Gasteiger partial charge in [-0.15, -0.1) is 0 Å². The molecule has 22 heavy (non-hydrogen) atoms. The van der Waals surface area contributed by atoms with Gasteiger partial charge in [0.2, 0.25) is 0 Å². The van der Waals surface area contributed by atoms with Crippen LogP contribution < -0.4 is 56.5 Å². The Morgan fingerprint density at radius 2 is 1.86 bits per heavy atom. The van der Waals surface area contributed by atoms with E-state index in [1.54, 1.807) is 11.8 Å². The van der Waals surface area contributed by atoms with Gasteiger partial charge in [-0.1, -0.05) is 32.6 Å². The second-order valence-corrected chi connectivity index (χ2v) is 5.26. The number of rotatable bonds is 13. The maximum absolute atomic E-state index is 11.7. The molecule has 0 bridgehead atoms. The minimum atomic E-state index is -0.949. The van der Waals surface area contributed by atoms with Crippen LogP contribution in [0.15, 0.2) is 4.99 Å². The molecule has 124 valence electrons. The van der Waals surface area contributed by atoms with Gasteiger partial charge in [-0.25, -0.2) is 0 Å². The van der Waals surface area contributed by atoms with Crippen LogP contribution in [0.1, 0.15) is 58.8 Å². The molecule has 0 aromatic carbocycles. The number of aliphatic hydroxyl groups excluding tert-OH is 1. The molecule has 0 heterocycles. The number of aliphatic hydroxyl groups is 1. The Labute approximate surface area is 176 Å². The fraction of sp³-hybridized carbons (Fsp3) is 0.867. The molecule has 0 aliphatic carbocycles.